The van der Waals surface area contributed by atoms with Crippen molar-refractivity contribution in [2.24, 2.45) is 0 Å². The molecule has 0 spiro atoms. The van der Waals surface area contributed by atoms with Crippen LogP contribution in [0.2, 0.25) is 0 Å². The maximum atomic E-state index is 12.9. The van der Waals surface area contributed by atoms with Crippen LogP contribution in [0.4, 0.5) is 13.2 Å². The van der Waals surface area contributed by atoms with Crippen molar-refractivity contribution in [1.82, 2.24) is 10.3 Å². The van der Waals surface area contributed by atoms with Crippen LogP contribution in [-0.4, -0.2) is 22.5 Å². The first-order chi connectivity index (χ1) is 10.4. The van der Waals surface area contributed by atoms with Crippen LogP contribution in [0, 0.1) is 0 Å². The van der Waals surface area contributed by atoms with Crippen LogP contribution < -0.4 is 5.32 Å². The van der Waals surface area contributed by atoms with Crippen molar-refractivity contribution in [2.45, 2.75) is 12.3 Å². The maximum absolute atomic E-state index is 12.9. The molecular formula is C15H13F3N2O2. The quantitative estimate of drug-likeness (QED) is 0.912. The Balaban J connectivity index is 2.07. The van der Waals surface area contributed by atoms with Crippen LogP contribution >= 0.6 is 0 Å². The largest absolute Gasteiger partial charge is 0.416 e. The molecule has 0 fully saturated rings. The van der Waals surface area contributed by atoms with Gasteiger partial charge in [0.1, 0.15) is 5.69 Å². The molecular weight excluding hydrogens is 297 g/mol. The van der Waals surface area contributed by atoms with Gasteiger partial charge in [0.15, 0.2) is 0 Å². The molecule has 22 heavy (non-hydrogen) atoms. The van der Waals surface area contributed by atoms with Gasteiger partial charge in [0.05, 0.1) is 11.7 Å². The van der Waals surface area contributed by atoms with Gasteiger partial charge in [0, 0.05) is 12.7 Å². The fourth-order valence-electron chi connectivity index (χ4n) is 1.93. The summed E-state index contributed by atoms with van der Waals surface area (Å²) in [5.41, 5.74) is -1.08. The molecule has 4 nitrogen and oxygen atoms in total. The van der Waals surface area contributed by atoms with E-state index in [1.54, 1.807) is 12.1 Å². The van der Waals surface area contributed by atoms with E-state index in [2.05, 4.69) is 10.3 Å². The number of alkyl halides is 3. The first-order valence-electron chi connectivity index (χ1n) is 6.43. The Hall–Kier alpha value is -2.41. The predicted octanol–water partition coefficient (Wildman–Crippen LogP) is 2.56. The van der Waals surface area contributed by atoms with E-state index >= 15 is 0 Å². The summed E-state index contributed by atoms with van der Waals surface area (Å²) in [6.07, 6.45) is -4.61. The number of hydrogen-bond donors (Lipinski definition) is 2. The van der Waals surface area contributed by atoms with Crippen molar-refractivity contribution in [1.29, 1.82) is 0 Å². The predicted molar refractivity (Wildman–Crippen MR) is 73.0 cm³/mol. The molecule has 1 amide bonds. The summed E-state index contributed by atoms with van der Waals surface area (Å²) >= 11 is 0. The van der Waals surface area contributed by atoms with Gasteiger partial charge < -0.3 is 10.4 Å². The van der Waals surface area contributed by atoms with Crippen LogP contribution in [0.5, 0.6) is 0 Å². The Morgan fingerprint density at radius 1 is 1.18 bits per heavy atom. The third-order valence-corrected chi connectivity index (χ3v) is 2.98. The highest BCUT2D eigenvalue weighted by atomic mass is 19.4. The van der Waals surface area contributed by atoms with E-state index in [9.17, 15) is 23.1 Å². The van der Waals surface area contributed by atoms with Crippen LogP contribution in [-0.2, 0) is 6.18 Å². The van der Waals surface area contributed by atoms with Gasteiger partial charge in [-0.05, 0) is 23.8 Å². The Bertz CT molecular complexity index is 645. The minimum atomic E-state index is -4.57. The molecule has 2 aromatic rings. The molecule has 2 rings (SSSR count). The molecule has 0 radical (unpaired) electrons. The molecule has 1 aromatic heterocycles. The fraction of sp³-hybridized carbons (Fsp3) is 0.200. The zero-order valence-electron chi connectivity index (χ0n) is 11.3. The summed E-state index contributed by atoms with van der Waals surface area (Å²) in [4.78, 5) is 15.6. The highest BCUT2D eigenvalue weighted by Crippen LogP contribution is 2.34. The summed E-state index contributed by atoms with van der Waals surface area (Å²) in [5, 5.41) is 12.3. The zero-order chi connectivity index (χ0) is 16.2. The molecule has 1 aromatic carbocycles. The zero-order valence-corrected chi connectivity index (χ0v) is 11.3. The second-order valence-electron chi connectivity index (χ2n) is 4.53. The summed E-state index contributed by atoms with van der Waals surface area (Å²) in [5.74, 6) is -0.566. The average molecular weight is 310 g/mol. The van der Waals surface area contributed by atoms with Gasteiger partial charge in [-0.15, -0.1) is 0 Å². The number of aromatic nitrogens is 1. The third kappa shape index (κ3) is 3.82. The molecule has 1 heterocycles. The molecule has 7 heteroatoms. The molecule has 0 aliphatic carbocycles. The number of aliphatic hydroxyl groups excluding tert-OH is 1. The van der Waals surface area contributed by atoms with Crippen molar-refractivity contribution in [2.75, 3.05) is 6.54 Å². The van der Waals surface area contributed by atoms with Gasteiger partial charge in [-0.2, -0.15) is 13.2 Å². The van der Waals surface area contributed by atoms with Crippen LogP contribution in [0.1, 0.15) is 27.7 Å². The standard InChI is InChI=1S/C15H13F3N2O2/c16-15(17,18)11-6-2-1-5-10(11)13(21)9-20-14(22)12-7-3-4-8-19-12/h1-8,13,21H,9H2,(H,20,22)/t13-/m0/s1. The highest BCUT2D eigenvalue weighted by molar-refractivity contribution is 5.92. The number of pyridine rings is 1. The van der Waals surface area contributed by atoms with Gasteiger partial charge in [0.2, 0.25) is 0 Å². The number of carbonyl (C=O) groups is 1. The first-order valence-corrected chi connectivity index (χ1v) is 6.43. The molecule has 116 valence electrons. The second-order valence-corrected chi connectivity index (χ2v) is 4.53. The summed E-state index contributed by atoms with van der Waals surface area (Å²) < 4.78 is 38.6. The van der Waals surface area contributed by atoms with Crippen molar-refractivity contribution >= 4 is 5.91 Å². The summed E-state index contributed by atoms with van der Waals surface area (Å²) in [7, 11) is 0. The molecule has 0 saturated heterocycles. The van der Waals surface area contributed by atoms with Crippen LogP contribution in [0.15, 0.2) is 48.7 Å². The van der Waals surface area contributed by atoms with Gasteiger partial charge in [-0.1, -0.05) is 24.3 Å². The number of nitrogens with zero attached hydrogens (tertiary/aromatic N) is 1. The van der Waals surface area contributed by atoms with E-state index in [1.807, 2.05) is 0 Å². The number of carbonyl (C=O) groups excluding carboxylic acids is 1. The van der Waals surface area contributed by atoms with E-state index in [4.69, 9.17) is 0 Å². The third-order valence-electron chi connectivity index (χ3n) is 2.98. The van der Waals surface area contributed by atoms with Gasteiger partial charge >= 0.3 is 6.18 Å². The Kier molecular flexibility index (Phi) is 4.77. The minimum absolute atomic E-state index is 0.124. The van der Waals surface area contributed by atoms with Crippen LogP contribution in [0.3, 0.4) is 0 Å². The summed E-state index contributed by atoms with van der Waals surface area (Å²) in [6, 6.07) is 9.41. The van der Waals surface area contributed by atoms with E-state index in [0.717, 1.165) is 6.07 Å². The van der Waals surface area contributed by atoms with Crippen molar-refractivity contribution in [3.63, 3.8) is 0 Å². The molecule has 0 bridgehead atoms. The lowest BCUT2D eigenvalue weighted by Gasteiger charge is -2.17. The topological polar surface area (TPSA) is 62.2 Å². The number of benzene rings is 1. The smallest absolute Gasteiger partial charge is 0.387 e. The van der Waals surface area contributed by atoms with E-state index < -0.39 is 23.8 Å². The lowest BCUT2D eigenvalue weighted by molar-refractivity contribution is -0.139. The van der Waals surface area contributed by atoms with E-state index in [1.165, 1.54) is 30.5 Å². The van der Waals surface area contributed by atoms with Crippen molar-refractivity contribution < 1.29 is 23.1 Å². The lowest BCUT2D eigenvalue weighted by Crippen LogP contribution is -2.29. The molecule has 0 aliphatic heterocycles. The molecule has 1 atom stereocenters. The van der Waals surface area contributed by atoms with Crippen molar-refractivity contribution in [3.05, 3.63) is 65.5 Å². The number of aliphatic hydroxyl groups is 1. The highest BCUT2D eigenvalue weighted by Gasteiger charge is 2.34. The lowest BCUT2D eigenvalue weighted by atomic mass is 10.0. The van der Waals surface area contributed by atoms with Gasteiger partial charge in [-0.25, -0.2) is 0 Å². The maximum Gasteiger partial charge on any atom is 0.416 e. The monoisotopic (exact) mass is 310 g/mol. The Morgan fingerprint density at radius 3 is 2.50 bits per heavy atom. The minimum Gasteiger partial charge on any atom is -0.387 e. The molecule has 2 N–H and O–H groups in total. The number of hydrogen-bond acceptors (Lipinski definition) is 3. The number of nitrogens with one attached hydrogen (secondary N) is 1. The average Bonchev–Trinajstić information content (AvgIpc) is 2.52. The second kappa shape index (κ2) is 6.57. The fourth-order valence-corrected chi connectivity index (χ4v) is 1.93. The van der Waals surface area contributed by atoms with E-state index in [-0.39, 0.29) is 17.8 Å². The van der Waals surface area contributed by atoms with E-state index in [0.29, 0.717) is 0 Å². The SMILES string of the molecule is O=C(NC[C@H](O)c1ccccc1C(F)(F)F)c1ccccn1. The summed E-state index contributed by atoms with van der Waals surface area (Å²) in [6.45, 7) is -0.345. The number of rotatable bonds is 4. The van der Waals surface area contributed by atoms with Crippen molar-refractivity contribution in [3.8, 4) is 0 Å². The number of amides is 1. The molecule has 0 aliphatic rings. The van der Waals surface area contributed by atoms with Crippen LogP contribution in [0.25, 0.3) is 0 Å². The molecule has 0 unspecified atom stereocenters. The van der Waals surface area contributed by atoms with Gasteiger partial charge in [-0.3, -0.25) is 9.78 Å². The number of halogens is 3. The Labute approximate surface area is 124 Å². The Morgan fingerprint density at radius 2 is 1.86 bits per heavy atom. The van der Waals surface area contributed by atoms with Gasteiger partial charge in [0.25, 0.3) is 5.91 Å². The molecule has 0 saturated carbocycles. The first kappa shape index (κ1) is 16.0. The normalized spacial score (nSPS) is 12.7.